The number of alkyl halides is 3. The summed E-state index contributed by atoms with van der Waals surface area (Å²) in [7, 11) is 0. The first-order valence-electron chi connectivity index (χ1n) is 8.83. The minimum absolute atomic E-state index is 0.241. The number of anilines is 1. The molecule has 0 saturated carbocycles. The van der Waals surface area contributed by atoms with Gasteiger partial charge >= 0.3 is 6.18 Å². The van der Waals surface area contributed by atoms with Crippen LogP contribution in [-0.4, -0.2) is 43.6 Å². The van der Waals surface area contributed by atoms with E-state index >= 15 is 0 Å². The number of benzene rings is 2. The molecule has 144 valence electrons. The monoisotopic (exact) mass is 378 g/mol. The van der Waals surface area contributed by atoms with Gasteiger partial charge in [0, 0.05) is 37.4 Å². The first-order valence-corrected chi connectivity index (χ1v) is 8.83. The van der Waals surface area contributed by atoms with Crippen LogP contribution in [0.4, 0.5) is 18.9 Å². The van der Waals surface area contributed by atoms with Crippen LogP contribution in [0, 0.1) is 0 Å². The van der Waals surface area contributed by atoms with E-state index in [1.807, 2.05) is 31.2 Å². The summed E-state index contributed by atoms with van der Waals surface area (Å²) in [6.45, 7) is 4.92. The number of carbonyl (C=O) groups is 1. The summed E-state index contributed by atoms with van der Waals surface area (Å²) in [5, 5.41) is 0. The lowest BCUT2D eigenvalue weighted by atomic mass is 10.1. The number of rotatable bonds is 4. The number of carbonyl (C=O) groups excluding carboxylic acids is 1. The SMILES string of the molecule is CCOc1ccc(N2CCN(C(=O)c3ccc(C(F)(F)F)cc3)CC2)cc1. The fourth-order valence-electron chi connectivity index (χ4n) is 3.07. The Morgan fingerprint density at radius 1 is 0.963 bits per heavy atom. The molecule has 1 fully saturated rings. The number of hydrogen-bond donors (Lipinski definition) is 0. The van der Waals surface area contributed by atoms with Gasteiger partial charge in [-0.25, -0.2) is 0 Å². The fourth-order valence-corrected chi connectivity index (χ4v) is 3.07. The second kappa shape index (κ2) is 7.90. The van der Waals surface area contributed by atoms with Gasteiger partial charge in [-0.05, 0) is 55.5 Å². The first-order chi connectivity index (χ1) is 12.9. The molecule has 1 aliphatic rings. The number of amides is 1. The maximum atomic E-state index is 12.6. The van der Waals surface area contributed by atoms with Gasteiger partial charge in [0.05, 0.1) is 12.2 Å². The molecule has 0 aliphatic carbocycles. The summed E-state index contributed by atoms with van der Waals surface area (Å²) in [4.78, 5) is 16.4. The quantitative estimate of drug-likeness (QED) is 0.804. The molecule has 0 atom stereocenters. The summed E-state index contributed by atoms with van der Waals surface area (Å²) >= 11 is 0. The summed E-state index contributed by atoms with van der Waals surface area (Å²) in [6.07, 6.45) is -4.40. The Hall–Kier alpha value is -2.70. The average molecular weight is 378 g/mol. The van der Waals surface area contributed by atoms with Crippen molar-refractivity contribution in [3.63, 3.8) is 0 Å². The van der Waals surface area contributed by atoms with Gasteiger partial charge in [0.2, 0.25) is 0 Å². The lowest BCUT2D eigenvalue weighted by Gasteiger charge is -2.36. The Labute approximate surface area is 156 Å². The van der Waals surface area contributed by atoms with Crippen molar-refractivity contribution >= 4 is 11.6 Å². The summed E-state index contributed by atoms with van der Waals surface area (Å²) in [5.74, 6) is 0.576. The van der Waals surface area contributed by atoms with E-state index in [4.69, 9.17) is 4.74 Å². The Balaban J connectivity index is 1.59. The molecule has 4 nitrogen and oxygen atoms in total. The average Bonchev–Trinajstić information content (AvgIpc) is 2.68. The molecule has 0 radical (unpaired) electrons. The maximum absolute atomic E-state index is 12.6. The van der Waals surface area contributed by atoms with Gasteiger partial charge in [0.15, 0.2) is 0 Å². The molecule has 7 heteroatoms. The van der Waals surface area contributed by atoms with Crippen LogP contribution in [0.2, 0.25) is 0 Å². The molecule has 0 spiro atoms. The van der Waals surface area contributed by atoms with Gasteiger partial charge < -0.3 is 14.5 Å². The largest absolute Gasteiger partial charge is 0.494 e. The topological polar surface area (TPSA) is 32.8 Å². The van der Waals surface area contributed by atoms with Gasteiger partial charge in [-0.3, -0.25) is 4.79 Å². The van der Waals surface area contributed by atoms with Crippen molar-refractivity contribution in [3.8, 4) is 5.75 Å². The second-order valence-corrected chi connectivity index (χ2v) is 6.28. The molecule has 0 unspecified atom stereocenters. The molecule has 1 aliphatic heterocycles. The highest BCUT2D eigenvalue weighted by Gasteiger charge is 2.30. The summed E-state index contributed by atoms with van der Waals surface area (Å²) in [5.41, 5.74) is 0.581. The van der Waals surface area contributed by atoms with E-state index in [-0.39, 0.29) is 11.5 Å². The van der Waals surface area contributed by atoms with Gasteiger partial charge in [0.25, 0.3) is 5.91 Å². The number of halogens is 3. The molecule has 0 bridgehead atoms. The molecule has 2 aromatic rings. The lowest BCUT2D eigenvalue weighted by molar-refractivity contribution is -0.137. The molecular weight excluding hydrogens is 357 g/mol. The molecule has 1 amide bonds. The van der Waals surface area contributed by atoms with Crippen LogP contribution >= 0.6 is 0 Å². The molecule has 0 aromatic heterocycles. The van der Waals surface area contributed by atoms with Crippen LogP contribution < -0.4 is 9.64 Å². The Bertz CT molecular complexity index is 765. The van der Waals surface area contributed by atoms with E-state index in [1.165, 1.54) is 12.1 Å². The van der Waals surface area contributed by atoms with Crippen LogP contribution in [-0.2, 0) is 6.18 Å². The molecule has 1 heterocycles. The third-order valence-corrected chi connectivity index (χ3v) is 4.54. The van der Waals surface area contributed by atoms with E-state index in [0.717, 1.165) is 23.6 Å². The van der Waals surface area contributed by atoms with Crippen molar-refractivity contribution < 1.29 is 22.7 Å². The van der Waals surface area contributed by atoms with Crippen molar-refractivity contribution in [2.24, 2.45) is 0 Å². The van der Waals surface area contributed by atoms with E-state index in [2.05, 4.69) is 4.90 Å². The molecule has 2 aromatic carbocycles. The molecule has 0 N–H and O–H groups in total. The molecular formula is C20H21F3N2O2. The first kappa shape index (κ1) is 19.1. The van der Waals surface area contributed by atoms with Crippen LogP contribution in [0.3, 0.4) is 0 Å². The highest BCUT2D eigenvalue weighted by molar-refractivity contribution is 5.94. The van der Waals surface area contributed by atoms with Crippen molar-refractivity contribution in [3.05, 3.63) is 59.7 Å². The number of hydrogen-bond acceptors (Lipinski definition) is 3. The fraction of sp³-hybridized carbons (Fsp3) is 0.350. The van der Waals surface area contributed by atoms with Crippen molar-refractivity contribution in [2.45, 2.75) is 13.1 Å². The second-order valence-electron chi connectivity index (χ2n) is 6.28. The van der Waals surface area contributed by atoms with E-state index < -0.39 is 11.7 Å². The predicted molar refractivity (Wildman–Crippen MR) is 97.2 cm³/mol. The summed E-state index contributed by atoms with van der Waals surface area (Å²) < 4.78 is 43.3. The maximum Gasteiger partial charge on any atom is 0.416 e. The van der Waals surface area contributed by atoms with Crippen LogP contribution in [0.5, 0.6) is 5.75 Å². The lowest BCUT2D eigenvalue weighted by Crippen LogP contribution is -2.48. The number of ether oxygens (including phenoxy) is 1. The van der Waals surface area contributed by atoms with Crippen molar-refractivity contribution in [1.29, 1.82) is 0 Å². The zero-order chi connectivity index (χ0) is 19.4. The van der Waals surface area contributed by atoms with E-state index in [1.54, 1.807) is 4.90 Å². The highest BCUT2D eigenvalue weighted by Crippen LogP contribution is 2.29. The third kappa shape index (κ3) is 4.53. The Morgan fingerprint density at radius 2 is 1.56 bits per heavy atom. The minimum Gasteiger partial charge on any atom is -0.494 e. The summed E-state index contributed by atoms with van der Waals surface area (Å²) in [6, 6.07) is 12.2. The number of nitrogens with zero attached hydrogens (tertiary/aromatic N) is 2. The van der Waals surface area contributed by atoms with Crippen LogP contribution in [0.15, 0.2) is 48.5 Å². The third-order valence-electron chi connectivity index (χ3n) is 4.54. The van der Waals surface area contributed by atoms with Gasteiger partial charge in [0.1, 0.15) is 5.75 Å². The molecule has 1 saturated heterocycles. The van der Waals surface area contributed by atoms with E-state index in [0.29, 0.717) is 32.8 Å². The van der Waals surface area contributed by atoms with E-state index in [9.17, 15) is 18.0 Å². The molecule has 3 rings (SSSR count). The highest BCUT2D eigenvalue weighted by atomic mass is 19.4. The zero-order valence-corrected chi connectivity index (χ0v) is 15.0. The van der Waals surface area contributed by atoms with Crippen LogP contribution in [0.1, 0.15) is 22.8 Å². The van der Waals surface area contributed by atoms with Crippen molar-refractivity contribution in [1.82, 2.24) is 4.90 Å². The van der Waals surface area contributed by atoms with Gasteiger partial charge in [-0.2, -0.15) is 13.2 Å². The van der Waals surface area contributed by atoms with Crippen LogP contribution in [0.25, 0.3) is 0 Å². The normalized spacial score (nSPS) is 15.0. The minimum atomic E-state index is -4.40. The number of piperazine rings is 1. The Kier molecular flexibility index (Phi) is 5.58. The van der Waals surface area contributed by atoms with Crippen molar-refractivity contribution in [2.75, 3.05) is 37.7 Å². The Morgan fingerprint density at radius 3 is 2.07 bits per heavy atom. The van der Waals surface area contributed by atoms with Gasteiger partial charge in [-0.15, -0.1) is 0 Å². The predicted octanol–water partition coefficient (Wildman–Crippen LogP) is 4.07. The molecule has 27 heavy (non-hydrogen) atoms. The zero-order valence-electron chi connectivity index (χ0n) is 15.0. The van der Waals surface area contributed by atoms with Gasteiger partial charge in [-0.1, -0.05) is 0 Å². The smallest absolute Gasteiger partial charge is 0.416 e. The standard InChI is InChI=1S/C20H21F3N2O2/c1-2-27-18-9-7-17(8-10-18)24-11-13-25(14-12-24)19(26)15-3-5-16(6-4-15)20(21,22)23/h3-10H,2,11-14H2,1H3.